The second-order valence-corrected chi connectivity index (χ2v) is 5.13. The van der Waals surface area contributed by atoms with Crippen molar-refractivity contribution in [2.75, 3.05) is 6.61 Å². The monoisotopic (exact) mass is 254 g/mol. The summed E-state index contributed by atoms with van der Waals surface area (Å²) in [5.41, 5.74) is 2.25. The van der Waals surface area contributed by atoms with Crippen LogP contribution in [0.1, 0.15) is 50.4 Å². The molecule has 0 aliphatic heterocycles. The van der Waals surface area contributed by atoms with Gasteiger partial charge < -0.3 is 4.74 Å². The Morgan fingerprint density at radius 2 is 2.06 bits per heavy atom. The summed E-state index contributed by atoms with van der Waals surface area (Å²) < 4.78 is 5.72. The Morgan fingerprint density at radius 3 is 2.71 bits per heavy atom. The first-order chi connectivity index (χ1) is 8.13. The van der Waals surface area contributed by atoms with E-state index in [1.807, 2.05) is 6.92 Å². The van der Waals surface area contributed by atoms with Gasteiger partial charge in [-0.1, -0.05) is 25.4 Å². The summed E-state index contributed by atoms with van der Waals surface area (Å²) in [6.07, 6.45) is 3.11. The van der Waals surface area contributed by atoms with Crippen LogP contribution in [0, 0.1) is 5.92 Å². The second-order valence-electron chi connectivity index (χ2n) is 4.77. The third-order valence-corrected chi connectivity index (χ3v) is 3.42. The number of fused-ring (bicyclic) bond motifs is 1. The molecule has 0 radical (unpaired) electrons. The molecule has 0 fully saturated rings. The van der Waals surface area contributed by atoms with E-state index in [0.717, 1.165) is 36.3 Å². The van der Waals surface area contributed by atoms with Crippen molar-refractivity contribution in [3.63, 3.8) is 0 Å². The van der Waals surface area contributed by atoms with Crippen LogP contribution in [0.4, 0.5) is 0 Å². The van der Waals surface area contributed by atoms with Gasteiger partial charge in [-0.15, -0.1) is 0 Å². The summed E-state index contributed by atoms with van der Waals surface area (Å²) >= 11 is 6.22. The van der Waals surface area contributed by atoms with E-state index in [9.17, 15) is 0 Å². The minimum atomic E-state index is -0.0524. The van der Waals surface area contributed by atoms with Crippen LogP contribution >= 0.6 is 11.6 Å². The fraction of sp³-hybridized carbons (Fsp3) is 0.692. The average molecular weight is 255 g/mol. The van der Waals surface area contributed by atoms with Crippen LogP contribution in [-0.4, -0.2) is 16.6 Å². The number of aryl methyl sites for hydroxylation is 1. The summed E-state index contributed by atoms with van der Waals surface area (Å²) in [6.45, 7) is 6.89. The number of halogens is 1. The molecule has 0 bridgehead atoms. The zero-order chi connectivity index (χ0) is 12.4. The zero-order valence-corrected chi connectivity index (χ0v) is 11.4. The average Bonchev–Trinajstić information content (AvgIpc) is 2.73. The molecule has 1 aromatic heterocycles. The van der Waals surface area contributed by atoms with E-state index in [1.54, 1.807) is 0 Å². The maximum Gasteiger partial charge on any atom is 0.159 e. The Hall–Kier alpha value is -0.670. The number of hydrogen-bond acceptors (Lipinski definition) is 3. The van der Waals surface area contributed by atoms with Gasteiger partial charge in [0.05, 0.1) is 0 Å². The van der Waals surface area contributed by atoms with Gasteiger partial charge in [-0.2, -0.15) is 0 Å². The fourth-order valence-corrected chi connectivity index (χ4v) is 2.57. The molecule has 0 saturated heterocycles. The summed E-state index contributed by atoms with van der Waals surface area (Å²) in [5, 5.41) is 0.618. The Balaban J connectivity index is 2.34. The summed E-state index contributed by atoms with van der Waals surface area (Å²) in [7, 11) is 0. The highest BCUT2D eigenvalue weighted by Gasteiger charge is 2.24. The molecular weight excluding hydrogens is 236 g/mol. The van der Waals surface area contributed by atoms with E-state index in [1.165, 1.54) is 0 Å². The van der Waals surface area contributed by atoms with Gasteiger partial charge in [0.1, 0.15) is 11.3 Å². The SMILES string of the molecule is CCOC(c1nc(Cl)c2c(n1)CCC2)C(C)C. The molecule has 4 heteroatoms. The van der Waals surface area contributed by atoms with Gasteiger partial charge in [0.25, 0.3) is 0 Å². The van der Waals surface area contributed by atoms with Gasteiger partial charge in [0.15, 0.2) is 5.82 Å². The van der Waals surface area contributed by atoms with Crippen LogP contribution in [0.5, 0.6) is 0 Å². The van der Waals surface area contributed by atoms with E-state index in [0.29, 0.717) is 17.7 Å². The zero-order valence-electron chi connectivity index (χ0n) is 10.7. The van der Waals surface area contributed by atoms with Crippen LogP contribution in [0.3, 0.4) is 0 Å². The van der Waals surface area contributed by atoms with Gasteiger partial charge in [-0.05, 0) is 32.1 Å². The molecule has 3 nitrogen and oxygen atoms in total. The molecule has 1 aliphatic rings. The minimum absolute atomic E-state index is 0.0524. The van der Waals surface area contributed by atoms with Gasteiger partial charge in [0.2, 0.25) is 0 Å². The smallest absolute Gasteiger partial charge is 0.159 e. The van der Waals surface area contributed by atoms with Crippen LogP contribution in [0.25, 0.3) is 0 Å². The Labute approximate surface area is 108 Å². The molecule has 17 heavy (non-hydrogen) atoms. The van der Waals surface area contributed by atoms with Crippen molar-refractivity contribution in [3.8, 4) is 0 Å². The van der Waals surface area contributed by atoms with Crippen molar-refractivity contribution in [1.82, 2.24) is 9.97 Å². The third-order valence-electron chi connectivity index (χ3n) is 3.11. The van der Waals surface area contributed by atoms with Gasteiger partial charge in [-0.3, -0.25) is 0 Å². The van der Waals surface area contributed by atoms with Crippen molar-refractivity contribution < 1.29 is 4.74 Å². The van der Waals surface area contributed by atoms with E-state index >= 15 is 0 Å². The van der Waals surface area contributed by atoms with Crippen molar-refractivity contribution >= 4 is 11.6 Å². The van der Waals surface area contributed by atoms with Gasteiger partial charge in [-0.25, -0.2) is 9.97 Å². The van der Waals surface area contributed by atoms with Crippen molar-refractivity contribution in [2.45, 2.75) is 46.1 Å². The number of nitrogens with zero attached hydrogens (tertiary/aromatic N) is 2. The predicted molar refractivity (Wildman–Crippen MR) is 68.3 cm³/mol. The molecule has 94 valence electrons. The number of hydrogen-bond donors (Lipinski definition) is 0. The highest BCUT2D eigenvalue weighted by molar-refractivity contribution is 6.30. The molecule has 0 N–H and O–H groups in total. The van der Waals surface area contributed by atoms with Gasteiger partial charge in [0, 0.05) is 17.9 Å². The fourth-order valence-electron chi connectivity index (χ4n) is 2.28. The Kier molecular flexibility index (Phi) is 4.00. The van der Waals surface area contributed by atoms with E-state index in [-0.39, 0.29) is 6.10 Å². The van der Waals surface area contributed by atoms with E-state index in [4.69, 9.17) is 16.3 Å². The largest absolute Gasteiger partial charge is 0.370 e. The number of aromatic nitrogens is 2. The van der Waals surface area contributed by atoms with Crippen molar-refractivity contribution in [1.29, 1.82) is 0 Å². The molecule has 1 atom stereocenters. The second kappa shape index (κ2) is 5.32. The minimum Gasteiger partial charge on any atom is -0.370 e. The molecule has 0 spiro atoms. The Morgan fingerprint density at radius 1 is 1.29 bits per heavy atom. The maximum absolute atomic E-state index is 6.22. The molecule has 0 amide bonds. The van der Waals surface area contributed by atoms with Crippen LogP contribution in [0.15, 0.2) is 0 Å². The summed E-state index contributed by atoms with van der Waals surface area (Å²) in [4.78, 5) is 9.05. The van der Waals surface area contributed by atoms with Crippen molar-refractivity contribution in [2.24, 2.45) is 5.92 Å². The molecule has 1 unspecified atom stereocenters. The standard InChI is InChI=1S/C13H19ClN2O/c1-4-17-11(8(2)3)13-15-10-7-5-6-9(10)12(14)16-13/h8,11H,4-7H2,1-3H3. The molecular formula is C13H19ClN2O. The van der Waals surface area contributed by atoms with E-state index in [2.05, 4.69) is 23.8 Å². The first-order valence-corrected chi connectivity index (χ1v) is 6.68. The first kappa shape index (κ1) is 12.8. The van der Waals surface area contributed by atoms with E-state index < -0.39 is 0 Å². The predicted octanol–water partition coefficient (Wildman–Crippen LogP) is 3.35. The van der Waals surface area contributed by atoms with Gasteiger partial charge >= 0.3 is 0 Å². The lowest BCUT2D eigenvalue weighted by atomic mass is 10.1. The highest BCUT2D eigenvalue weighted by atomic mass is 35.5. The normalized spacial score (nSPS) is 16.3. The molecule has 0 saturated carbocycles. The quantitative estimate of drug-likeness (QED) is 0.773. The van der Waals surface area contributed by atoms with Crippen LogP contribution < -0.4 is 0 Å². The lowest BCUT2D eigenvalue weighted by molar-refractivity contribution is 0.0230. The van der Waals surface area contributed by atoms with Crippen molar-refractivity contribution in [3.05, 3.63) is 22.2 Å². The molecule has 2 rings (SSSR count). The van der Waals surface area contributed by atoms with Crippen LogP contribution in [-0.2, 0) is 17.6 Å². The molecule has 1 heterocycles. The highest BCUT2D eigenvalue weighted by Crippen LogP contribution is 2.30. The lowest BCUT2D eigenvalue weighted by Gasteiger charge is -2.20. The molecule has 1 aliphatic carbocycles. The topological polar surface area (TPSA) is 35.0 Å². The molecule has 1 aromatic rings. The third kappa shape index (κ3) is 2.61. The first-order valence-electron chi connectivity index (χ1n) is 6.30. The summed E-state index contributed by atoms with van der Waals surface area (Å²) in [5.74, 6) is 1.10. The number of rotatable bonds is 4. The Bertz CT molecular complexity index is 407. The number of ether oxygens (including phenoxy) is 1. The molecule has 0 aromatic carbocycles. The summed E-state index contributed by atoms with van der Waals surface area (Å²) in [6, 6.07) is 0. The lowest BCUT2D eigenvalue weighted by Crippen LogP contribution is -2.16. The van der Waals surface area contributed by atoms with Crippen LogP contribution in [0.2, 0.25) is 5.15 Å². The maximum atomic E-state index is 6.22.